The average Bonchev–Trinajstić information content (AvgIpc) is 3.45. The number of nitrogens with zero attached hydrogens (tertiary/aromatic N) is 2. The zero-order valence-electron chi connectivity index (χ0n) is 21.6. The van der Waals surface area contributed by atoms with Gasteiger partial charge in [0.2, 0.25) is 11.8 Å². The number of aliphatic hydroxyl groups is 1. The molecule has 3 aliphatic heterocycles. The first-order valence-corrected chi connectivity index (χ1v) is 14.0. The Morgan fingerprint density at radius 2 is 1.97 bits per heavy atom. The Morgan fingerprint density at radius 1 is 1.22 bits per heavy atom. The number of aliphatic hydroxyl groups excluding tert-OH is 1. The minimum Gasteiger partial charge on any atom is -0.465 e. The van der Waals surface area contributed by atoms with Crippen LogP contribution in [-0.4, -0.2) is 74.5 Å². The molecule has 4 rings (SSSR count). The maximum Gasteiger partial charge on any atom is 0.311 e. The molecule has 3 saturated heterocycles. The summed E-state index contributed by atoms with van der Waals surface area (Å²) in [7, 11) is 0. The second-order valence-electron chi connectivity index (χ2n) is 10.4. The van der Waals surface area contributed by atoms with Gasteiger partial charge in [-0.3, -0.25) is 14.4 Å². The van der Waals surface area contributed by atoms with Gasteiger partial charge in [0.05, 0.1) is 29.8 Å². The summed E-state index contributed by atoms with van der Waals surface area (Å²) >= 11 is 1.62. The Labute approximate surface area is 223 Å². The highest BCUT2D eigenvalue weighted by molar-refractivity contribution is 8.02. The summed E-state index contributed by atoms with van der Waals surface area (Å²) in [5, 5.41) is 9.82. The molecule has 8 heteroatoms. The Kier molecular flexibility index (Phi) is 8.49. The highest BCUT2D eigenvalue weighted by Gasteiger charge is 2.77. The number of rotatable bonds is 13. The molecule has 1 N–H and O–H groups in total. The lowest BCUT2D eigenvalue weighted by Crippen LogP contribution is -2.55. The fraction of sp³-hybridized carbons (Fsp3) is 0.552. The molecule has 1 spiro atoms. The highest BCUT2D eigenvalue weighted by Crippen LogP contribution is 2.71. The van der Waals surface area contributed by atoms with E-state index in [-0.39, 0.29) is 30.9 Å². The van der Waals surface area contributed by atoms with E-state index in [0.717, 1.165) is 31.2 Å². The number of hydrogen-bond donors (Lipinski definition) is 1. The molecule has 3 aliphatic rings. The van der Waals surface area contributed by atoms with Gasteiger partial charge < -0.3 is 19.6 Å². The van der Waals surface area contributed by atoms with Crippen LogP contribution in [0, 0.1) is 11.8 Å². The molecular formula is C29H38N2O5S. The maximum atomic E-state index is 14.2. The number of amides is 2. The third-order valence-corrected chi connectivity index (χ3v) is 10.0. The fourth-order valence-corrected chi connectivity index (χ4v) is 8.77. The molecule has 2 amide bonds. The molecule has 2 unspecified atom stereocenters. The largest absolute Gasteiger partial charge is 0.465 e. The van der Waals surface area contributed by atoms with Crippen LogP contribution in [0.1, 0.15) is 44.6 Å². The molecule has 0 saturated carbocycles. The lowest BCUT2D eigenvalue weighted by atomic mass is 9.66. The lowest BCUT2D eigenvalue weighted by molar-refractivity contribution is -0.155. The van der Waals surface area contributed by atoms with Gasteiger partial charge in [0, 0.05) is 24.4 Å². The van der Waals surface area contributed by atoms with Gasteiger partial charge in [-0.2, -0.15) is 0 Å². The first kappa shape index (κ1) is 27.5. The monoisotopic (exact) mass is 526 g/mol. The minimum atomic E-state index is -0.752. The van der Waals surface area contributed by atoms with Crippen molar-refractivity contribution in [3.8, 4) is 0 Å². The van der Waals surface area contributed by atoms with Gasteiger partial charge in [-0.05, 0) is 44.6 Å². The van der Waals surface area contributed by atoms with E-state index in [2.05, 4.69) is 13.2 Å². The molecule has 0 aromatic heterocycles. The van der Waals surface area contributed by atoms with Crippen LogP contribution in [0.25, 0.3) is 0 Å². The molecule has 1 aromatic rings. The second-order valence-corrected chi connectivity index (χ2v) is 12.3. The predicted octanol–water partition coefficient (Wildman–Crippen LogP) is 3.57. The van der Waals surface area contributed by atoms with E-state index in [1.54, 1.807) is 22.7 Å². The Balaban J connectivity index is 1.63. The Morgan fingerprint density at radius 3 is 2.65 bits per heavy atom. The van der Waals surface area contributed by atoms with Crippen LogP contribution in [0.5, 0.6) is 0 Å². The summed E-state index contributed by atoms with van der Waals surface area (Å²) in [6.45, 7) is 10.4. The van der Waals surface area contributed by atoms with Crippen LogP contribution in [-0.2, 0) is 25.7 Å². The number of β-amino-alcohol motifs (C(OH)–C–C–N with tert-alkyl or cyclic N) is 1. The first-order valence-electron chi connectivity index (χ1n) is 13.2. The summed E-state index contributed by atoms with van der Waals surface area (Å²) in [6.07, 6.45) is 7.43. The summed E-state index contributed by atoms with van der Waals surface area (Å²) in [5.41, 5.74) is 0.984. The van der Waals surface area contributed by atoms with Crippen LogP contribution in [0.2, 0.25) is 0 Å². The van der Waals surface area contributed by atoms with Crippen molar-refractivity contribution in [2.24, 2.45) is 11.8 Å². The number of carbonyl (C=O) groups is 3. The molecule has 5 atom stereocenters. The van der Waals surface area contributed by atoms with Crippen molar-refractivity contribution >= 4 is 29.5 Å². The topological polar surface area (TPSA) is 87.1 Å². The summed E-state index contributed by atoms with van der Waals surface area (Å²) in [5.74, 6) is -1.99. The van der Waals surface area contributed by atoms with E-state index in [0.29, 0.717) is 26.1 Å². The molecule has 3 fully saturated rings. The van der Waals surface area contributed by atoms with Crippen molar-refractivity contribution in [3.05, 3.63) is 61.2 Å². The second kappa shape index (κ2) is 11.4. The highest BCUT2D eigenvalue weighted by atomic mass is 32.2. The number of allylic oxidation sites excluding steroid dienone is 1. The predicted molar refractivity (Wildman–Crippen MR) is 145 cm³/mol. The zero-order valence-corrected chi connectivity index (χ0v) is 22.5. The molecular weight excluding hydrogens is 488 g/mol. The molecule has 200 valence electrons. The van der Waals surface area contributed by atoms with Gasteiger partial charge in [0.1, 0.15) is 6.04 Å². The van der Waals surface area contributed by atoms with E-state index in [1.807, 2.05) is 43.3 Å². The Bertz CT molecular complexity index is 1030. The van der Waals surface area contributed by atoms with Gasteiger partial charge in [0.15, 0.2) is 0 Å². The molecule has 3 heterocycles. The third kappa shape index (κ3) is 4.98. The van der Waals surface area contributed by atoms with E-state index < -0.39 is 27.4 Å². The van der Waals surface area contributed by atoms with Crippen molar-refractivity contribution in [1.82, 2.24) is 9.80 Å². The van der Waals surface area contributed by atoms with E-state index in [1.165, 1.54) is 4.90 Å². The zero-order chi connectivity index (χ0) is 26.6. The van der Waals surface area contributed by atoms with Crippen molar-refractivity contribution < 1.29 is 24.2 Å². The molecule has 37 heavy (non-hydrogen) atoms. The van der Waals surface area contributed by atoms with Crippen LogP contribution < -0.4 is 0 Å². The quantitative estimate of drug-likeness (QED) is 0.240. The van der Waals surface area contributed by atoms with Crippen molar-refractivity contribution in [2.75, 3.05) is 26.3 Å². The summed E-state index contributed by atoms with van der Waals surface area (Å²) in [6, 6.07) is 8.97. The van der Waals surface area contributed by atoms with Crippen molar-refractivity contribution in [2.45, 2.75) is 61.1 Å². The van der Waals surface area contributed by atoms with Gasteiger partial charge in [0.25, 0.3) is 0 Å². The van der Waals surface area contributed by atoms with Crippen molar-refractivity contribution in [1.29, 1.82) is 0 Å². The van der Waals surface area contributed by atoms with E-state index in [4.69, 9.17) is 4.74 Å². The van der Waals surface area contributed by atoms with Gasteiger partial charge in [-0.15, -0.1) is 24.9 Å². The first-order chi connectivity index (χ1) is 17.8. The van der Waals surface area contributed by atoms with Crippen LogP contribution in [0.4, 0.5) is 0 Å². The number of fused-ring (bicyclic) bond motifs is 1. The number of likely N-dealkylation sites (tertiary alicyclic amines) is 1. The molecule has 2 bridgehead atoms. The van der Waals surface area contributed by atoms with Crippen LogP contribution >= 0.6 is 11.8 Å². The van der Waals surface area contributed by atoms with Crippen LogP contribution in [0.15, 0.2) is 55.6 Å². The maximum absolute atomic E-state index is 14.2. The SMILES string of the molecule is C=CCCCCOC(=O)[C@H]1[C@H]2C(=O)N(CCO)C(C(=O)N(CC=C)Cc3ccccc3)C23CC[C@]1(C)S3. The minimum absolute atomic E-state index is 0.0569. The Hall–Kier alpha value is -2.58. The molecule has 1 aromatic carbocycles. The number of benzene rings is 1. The van der Waals surface area contributed by atoms with Crippen molar-refractivity contribution in [3.63, 3.8) is 0 Å². The number of unbranched alkanes of at least 4 members (excludes halogenated alkanes) is 2. The average molecular weight is 527 g/mol. The number of thioether (sulfide) groups is 1. The fourth-order valence-electron chi connectivity index (χ4n) is 6.43. The third-order valence-electron chi connectivity index (χ3n) is 8.03. The smallest absolute Gasteiger partial charge is 0.311 e. The summed E-state index contributed by atoms with van der Waals surface area (Å²) < 4.78 is 4.50. The number of ether oxygens (including phenoxy) is 1. The van der Waals surface area contributed by atoms with Gasteiger partial charge in [-0.25, -0.2) is 0 Å². The molecule has 7 nitrogen and oxygen atoms in total. The standard InChI is InChI=1S/C29H38N2O5S/c1-4-6-7-11-19-36-27(35)23-22-25(33)31(17-18-32)24(29(22)15-14-28(23,3)37-29)26(34)30(16-5-2)20-21-12-9-8-10-13-21/h4-5,8-10,12-13,22-24,32H,1-2,6-7,11,14-20H2,3H3/t22-,23+,24?,28-,29?/m0/s1. The van der Waals surface area contributed by atoms with Gasteiger partial charge in [-0.1, -0.05) is 42.5 Å². The van der Waals surface area contributed by atoms with E-state index >= 15 is 0 Å². The summed E-state index contributed by atoms with van der Waals surface area (Å²) in [4.78, 5) is 44.7. The normalized spacial score (nSPS) is 29.7. The molecule has 0 radical (unpaired) electrons. The van der Waals surface area contributed by atoms with E-state index in [9.17, 15) is 19.5 Å². The number of hydrogen-bond acceptors (Lipinski definition) is 6. The lowest BCUT2D eigenvalue weighted by Gasteiger charge is -2.37. The number of esters is 1. The van der Waals surface area contributed by atoms with Crippen LogP contribution in [0.3, 0.4) is 0 Å². The molecule has 0 aliphatic carbocycles. The number of carbonyl (C=O) groups excluding carboxylic acids is 3. The van der Waals surface area contributed by atoms with Gasteiger partial charge >= 0.3 is 5.97 Å².